The summed E-state index contributed by atoms with van der Waals surface area (Å²) >= 11 is 0. The van der Waals surface area contributed by atoms with Crippen molar-refractivity contribution in [2.24, 2.45) is 0 Å². The maximum atomic E-state index is 11.3. The van der Waals surface area contributed by atoms with Crippen LogP contribution in [0.2, 0.25) is 0 Å². The van der Waals surface area contributed by atoms with E-state index < -0.39 is 0 Å². The van der Waals surface area contributed by atoms with Gasteiger partial charge >= 0.3 is 0 Å². The van der Waals surface area contributed by atoms with E-state index in [0.29, 0.717) is 13.0 Å². The summed E-state index contributed by atoms with van der Waals surface area (Å²) in [5.74, 6) is 0.0580. The molecule has 0 fully saturated rings. The van der Waals surface area contributed by atoms with Gasteiger partial charge in [0.25, 0.3) is 0 Å². The lowest BCUT2D eigenvalue weighted by Crippen LogP contribution is -2.47. The number of nitrogens with zero attached hydrogens (tertiary/aromatic N) is 1. The molecule has 0 aliphatic carbocycles. The van der Waals surface area contributed by atoms with Gasteiger partial charge in [0, 0.05) is 26.2 Å². The zero-order valence-corrected chi connectivity index (χ0v) is 9.63. The molecule has 0 aromatic heterocycles. The van der Waals surface area contributed by atoms with Gasteiger partial charge in [-0.1, -0.05) is 6.92 Å². The second kappa shape index (κ2) is 5.98. The Morgan fingerprint density at radius 1 is 1.50 bits per heavy atom. The maximum absolute atomic E-state index is 11.3. The molecule has 1 atom stereocenters. The minimum Gasteiger partial charge on any atom is -0.396 e. The number of carbonyl (C=O) groups excluding carboxylic acids is 1. The molecule has 0 spiro atoms. The van der Waals surface area contributed by atoms with Crippen LogP contribution in [-0.2, 0) is 4.79 Å². The standard InChI is InChI=1S/C10H22N2O2/c1-5-10(2,6-7-13)11-8-9(14)12(3)4/h11,13H,5-8H2,1-4H3. The second-order valence-electron chi connectivity index (χ2n) is 4.03. The van der Waals surface area contributed by atoms with Crippen molar-refractivity contribution in [1.82, 2.24) is 10.2 Å². The highest BCUT2D eigenvalue weighted by Gasteiger charge is 2.21. The molecule has 4 heteroatoms. The molecule has 14 heavy (non-hydrogen) atoms. The lowest BCUT2D eigenvalue weighted by Gasteiger charge is -2.29. The van der Waals surface area contributed by atoms with Crippen LogP contribution in [0.3, 0.4) is 0 Å². The highest BCUT2D eigenvalue weighted by Crippen LogP contribution is 2.12. The molecule has 0 aromatic rings. The molecule has 0 rings (SSSR count). The molecule has 0 aliphatic heterocycles. The molecule has 0 aromatic carbocycles. The summed E-state index contributed by atoms with van der Waals surface area (Å²) in [5, 5.41) is 12.0. The van der Waals surface area contributed by atoms with Gasteiger partial charge in [-0.3, -0.25) is 4.79 Å². The van der Waals surface area contributed by atoms with Crippen LogP contribution >= 0.6 is 0 Å². The SMILES string of the molecule is CCC(C)(CCO)NCC(=O)N(C)C. The summed E-state index contributed by atoms with van der Waals surface area (Å²) in [6, 6.07) is 0. The molecule has 0 radical (unpaired) electrons. The van der Waals surface area contributed by atoms with Crippen molar-refractivity contribution in [2.45, 2.75) is 32.2 Å². The number of aliphatic hydroxyl groups is 1. The van der Waals surface area contributed by atoms with Gasteiger partial charge in [0.2, 0.25) is 5.91 Å². The first kappa shape index (κ1) is 13.4. The van der Waals surface area contributed by atoms with Gasteiger partial charge in [0.1, 0.15) is 0 Å². The van der Waals surface area contributed by atoms with E-state index in [2.05, 4.69) is 5.32 Å². The van der Waals surface area contributed by atoms with Crippen molar-refractivity contribution in [3.05, 3.63) is 0 Å². The average Bonchev–Trinajstić information content (AvgIpc) is 2.14. The van der Waals surface area contributed by atoms with Crippen molar-refractivity contribution in [3.63, 3.8) is 0 Å². The van der Waals surface area contributed by atoms with E-state index in [-0.39, 0.29) is 18.1 Å². The number of hydrogen-bond acceptors (Lipinski definition) is 3. The largest absolute Gasteiger partial charge is 0.396 e. The number of likely N-dealkylation sites (N-methyl/N-ethyl adjacent to an activating group) is 1. The van der Waals surface area contributed by atoms with Gasteiger partial charge in [-0.25, -0.2) is 0 Å². The zero-order chi connectivity index (χ0) is 11.2. The smallest absolute Gasteiger partial charge is 0.236 e. The van der Waals surface area contributed by atoms with Crippen molar-refractivity contribution in [3.8, 4) is 0 Å². The highest BCUT2D eigenvalue weighted by atomic mass is 16.3. The first-order valence-corrected chi connectivity index (χ1v) is 5.01. The Bertz CT molecular complexity index is 183. The molecular weight excluding hydrogens is 180 g/mol. The van der Waals surface area contributed by atoms with E-state index in [0.717, 1.165) is 6.42 Å². The predicted octanol–water partition coefficient (Wildman–Crippen LogP) is 0.215. The van der Waals surface area contributed by atoms with Gasteiger partial charge in [-0.2, -0.15) is 0 Å². The van der Waals surface area contributed by atoms with E-state index >= 15 is 0 Å². The van der Waals surface area contributed by atoms with Crippen molar-refractivity contribution < 1.29 is 9.90 Å². The molecule has 0 bridgehead atoms. The van der Waals surface area contributed by atoms with Gasteiger partial charge in [0.05, 0.1) is 6.54 Å². The summed E-state index contributed by atoms with van der Waals surface area (Å²) in [6.45, 7) is 4.54. The lowest BCUT2D eigenvalue weighted by molar-refractivity contribution is -0.128. The van der Waals surface area contributed by atoms with E-state index in [9.17, 15) is 4.79 Å². The number of carbonyl (C=O) groups is 1. The third kappa shape index (κ3) is 4.58. The van der Waals surface area contributed by atoms with E-state index in [1.54, 1.807) is 19.0 Å². The molecule has 0 heterocycles. The Kier molecular flexibility index (Phi) is 5.72. The van der Waals surface area contributed by atoms with Crippen LogP contribution in [0.15, 0.2) is 0 Å². The average molecular weight is 202 g/mol. The minimum absolute atomic E-state index is 0.0580. The molecule has 1 amide bonds. The maximum Gasteiger partial charge on any atom is 0.236 e. The molecule has 2 N–H and O–H groups in total. The van der Waals surface area contributed by atoms with Crippen LogP contribution in [0.1, 0.15) is 26.7 Å². The Morgan fingerprint density at radius 2 is 2.07 bits per heavy atom. The van der Waals surface area contributed by atoms with Crippen molar-refractivity contribution in [1.29, 1.82) is 0 Å². The van der Waals surface area contributed by atoms with E-state index in [4.69, 9.17) is 5.11 Å². The Labute approximate surface area is 86.3 Å². The second-order valence-corrected chi connectivity index (χ2v) is 4.03. The molecule has 4 nitrogen and oxygen atoms in total. The van der Waals surface area contributed by atoms with Crippen LogP contribution in [0, 0.1) is 0 Å². The summed E-state index contributed by atoms with van der Waals surface area (Å²) in [5.41, 5.74) is -0.138. The number of rotatable bonds is 6. The normalized spacial score (nSPS) is 14.9. The highest BCUT2D eigenvalue weighted by molar-refractivity contribution is 5.77. The number of aliphatic hydroxyl groups excluding tert-OH is 1. The van der Waals surface area contributed by atoms with Crippen LogP contribution in [0.25, 0.3) is 0 Å². The zero-order valence-electron chi connectivity index (χ0n) is 9.63. The molecule has 1 unspecified atom stereocenters. The molecular formula is C10H22N2O2. The third-order valence-corrected chi connectivity index (χ3v) is 2.61. The van der Waals surface area contributed by atoms with Crippen LogP contribution in [0.5, 0.6) is 0 Å². The van der Waals surface area contributed by atoms with Crippen LogP contribution < -0.4 is 5.32 Å². The van der Waals surface area contributed by atoms with Crippen LogP contribution in [0.4, 0.5) is 0 Å². The Morgan fingerprint density at radius 3 is 2.43 bits per heavy atom. The minimum atomic E-state index is -0.138. The molecule has 0 saturated heterocycles. The molecule has 84 valence electrons. The van der Waals surface area contributed by atoms with Gasteiger partial charge in [-0.05, 0) is 19.8 Å². The van der Waals surface area contributed by atoms with Crippen molar-refractivity contribution >= 4 is 5.91 Å². The topological polar surface area (TPSA) is 52.6 Å². The van der Waals surface area contributed by atoms with E-state index in [1.165, 1.54) is 0 Å². The number of nitrogens with one attached hydrogen (secondary N) is 1. The molecule has 0 saturated carbocycles. The van der Waals surface area contributed by atoms with E-state index in [1.807, 2.05) is 13.8 Å². The summed E-state index contributed by atoms with van der Waals surface area (Å²) < 4.78 is 0. The fourth-order valence-corrected chi connectivity index (χ4v) is 1.08. The lowest BCUT2D eigenvalue weighted by atomic mass is 9.95. The molecule has 0 aliphatic rings. The summed E-state index contributed by atoms with van der Waals surface area (Å²) in [6.07, 6.45) is 1.57. The quantitative estimate of drug-likeness (QED) is 0.647. The van der Waals surface area contributed by atoms with Gasteiger partial charge in [0.15, 0.2) is 0 Å². The van der Waals surface area contributed by atoms with Crippen LogP contribution in [-0.4, -0.2) is 48.7 Å². The third-order valence-electron chi connectivity index (χ3n) is 2.61. The predicted molar refractivity (Wildman–Crippen MR) is 57.1 cm³/mol. The fourth-order valence-electron chi connectivity index (χ4n) is 1.08. The fraction of sp³-hybridized carbons (Fsp3) is 0.900. The number of amides is 1. The summed E-state index contributed by atoms with van der Waals surface area (Å²) in [4.78, 5) is 12.9. The first-order valence-electron chi connectivity index (χ1n) is 5.01. The summed E-state index contributed by atoms with van der Waals surface area (Å²) in [7, 11) is 3.47. The van der Waals surface area contributed by atoms with Gasteiger partial charge < -0.3 is 15.3 Å². The Balaban J connectivity index is 4.00. The number of hydrogen-bond donors (Lipinski definition) is 2. The van der Waals surface area contributed by atoms with Gasteiger partial charge in [-0.15, -0.1) is 0 Å². The first-order chi connectivity index (χ1) is 6.45. The monoisotopic (exact) mass is 202 g/mol. The van der Waals surface area contributed by atoms with Crippen molar-refractivity contribution in [2.75, 3.05) is 27.2 Å². The Hall–Kier alpha value is -0.610.